The Bertz CT molecular complexity index is 277. The van der Waals surface area contributed by atoms with E-state index in [1.54, 1.807) is 0 Å². The Kier molecular flexibility index (Phi) is 6.14. The van der Waals surface area contributed by atoms with Crippen LogP contribution in [0.4, 0.5) is 0 Å². The SMILES string of the molecule is CCS(=O)(=O)NC(CCSC)C(N)=O. The van der Waals surface area contributed by atoms with E-state index in [1.165, 1.54) is 18.7 Å². The van der Waals surface area contributed by atoms with Crippen molar-refractivity contribution < 1.29 is 13.2 Å². The predicted molar refractivity (Wildman–Crippen MR) is 58.6 cm³/mol. The van der Waals surface area contributed by atoms with Crippen LogP contribution in [0.3, 0.4) is 0 Å². The molecule has 3 N–H and O–H groups in total. The number of sulfonamides is 1. The number of hydrogen-bond donors (Lipinski definition) is 2. The van der Waals surface area contributed by atoms with Crippen LogP contribution in [-0.4, -0.2) is 38.1 Å². The van der Waals surface area contributed by atoms with Crippen LogP contribution in [0.2, 0.25) is 0 Å². The van der Waals surface area contributed by atoms with E-state index >= 15 is 0 Å². The Hall–Kier alpha value is -0.270. The van der Waals surface area contributed by atoms with Crippen molar-refractivity contribution in [2.24, 2.45) is 5.73 Å². The Morgan fingerprint density at radius 3 is 2.50 bits per heavy atom. The van der Waals surface area contributed by atoms with E-state index < -0.39 is 22.0 Å². The van der Waals surface area contributed by atoms with E-state index in [1.807, 2.05) is 6.26 Å². The summed E-state index contributed by atoms with van der Waals surface area (Å²) in [6.07, 6.45) is 2.31. The van der Waals surface area contributed by atoms with Crippen LogP contribution in [0.15, 0.2) is 0 Å². The van der Waals surface area contributed by atoms with Crippen LogP contribution in [0.25, 0.3) is 0 Å². The molecule has 5 nitrogen and oxygen atoms in total. The van der Waals surface area contributed by atoms with Gasteiger partial charge in [0.2, 0.25) is 15.9 Å². The Morgan fingerprint density at radius 2 is 2.14 bits per heavy atom. The average Bonchev–Trinajstić information content (AvgIpc) is 2.12. The fourth-order valence-corrected chi connectivity index (χ4v) is 2.10. The maximum atomic E-state index is 11.2. The van der Waals surface area contributed by atoms with Crippen molar-refractivity contribution in [3.8, 4) is 0 Å². The minimum Gasteiger partial charge on any atom is -0.368 e. The molecule has 0 aliphatic rings. The van der Waals surface area contributed by atoms with Crippen LogP contribution >= 0.6 is 11.8 Å². The van der Waals surface area contributed by atoms with Gasteiger partial charge in [-0.05, 0) is 25.4 Å². The molecule has 0 aromatic rings. The molecule has 0 aliphatic heterocycles. The largest absolute Gasteiger partial charge is 0.368 e. The van der Waals surface area contributed by atoms with Gasteiger partial charge in [-0.1, -0.05) is 0 Å². The molecule has 0 rings (SSSR count). The van der Waals surface area contributed by atoms with Gasteiger partial charge in [0, 0.05) is 0 Å². The Morgan fingerprint density at radius 1 is 1.57 bits per heavy atom. The molecule has 0 aliphatic carbocycles. The van der Waals surface area contributed by atoms with Crippen LogP contribution in [0.5, 0.6) is 0 Å². The minimum absolute atomic E-state index is 0.0456. The zero-order chi connectivity index (χ0) is 11.2. The summed E-state index contributed by atoms with van der Waals surface area (Å²) in [6, 6.07) is -0.785. The Labute approximate surface area is 88.9 Å². The highest BCUT2D eigenvalue weighted by Gasteiger charge is 2.20. The highest BCUT2D eigenvalue weighted by atomic mass is 32.2. The smallest absolute Gasteiger partial charge is 0.235 e. The normalized spacial score (nSPS) is 13.9. The molecule has 1 atom stereocenters. The number of amides is 1. The van der Waals surface area contributed by atoms with E-state index in [2.05, 4.69) is 4.72 Å². The summed E-state index contributed by atoms with van der Waals surface area (Å²) in [5.41, 5.74) is 5.06. The second-order valence-electron chi connectivity index (χ2n) is 2.76. The number of rotatable bonds is 7. The number of nitrogens with one attached hydrogen (secondary N) is 1. The summed E-state index contributed by atoms with van der Waals surface area (Å²) in [7, 11) is -3.35. The van der Waals surface area contributed by atoms with E-state index in [0.717, 1.165) is 0 Å². The van der Waals surface area contributed by atoms with Gasteiger partial charge in [-0.15, -0.1) is 0 Å². The number of carbonyl (C=O) groups excluding carboxylic acids is 1. The minimum atomic E-state index is -3.35. The molecule has 0 aromatic carbocycles. The van der Waals surface area contributed by atoms with Gasteiger partial charge >= 0.3 is 0 Å². The van der Waals surface area contributed by atoms with Gasteiger partial charge in [-0.2, -0.15) is 11.8 Å². The summed E-state index contributed by atoms with van der Waals surface area (Å²) in [6.45, 7) is 1.51. The molecule has 84 valence electrons. The van der Waals surface area contributed by atoms with Crippen molar-refractivity contribution in [2.45, 2.75) is 19.4 Å². The molecule has 0 fully saturated rings. The van der Waals surface area contributed by atoms with Crippen molar-refractivity contribution in [3.63, 3.8) is 0 Å². The molecule has 0 spiro atoms. The van der Waals surface area contributed by atoms with Gasteiger partial charge in [0.1, 0.15) is 6.04 Å². The molecular formula is C7H16N2O3S2. The third kappa shape index (κ3) is 5.46. The number of primary amides is 1. The van der Waals surface area contributed by atoms with Gasteiger partial charge in [0.15, 0.2) is 0 Å². The van der Waals surface area contributed by atoms with Crippen molar-refractivity contribution in [2.75, 3.05) is 17.8 Å². The van der Waals surface area contributed by atoms with Gasteiger partial charge in [0.05, 0.1) is 5.75 Å². The first-order valence-electron chi connectivity index (χ1n) is 4.21. The predicted octanol–water partition coefficient (Wildman–Crippen LogP) is -0.467. The fourth-order valence-electron chi connectivity index (χ4n) is 0.795. The number of hydrogen-bond acceptors (Lipinski definition) is 4. The van der Waals surface area contributed by atoms with Crippen molar-refractivity contribution in [1.29, 1.82) is 0 Å². The van der Waals surface area contributed by atoms with Crippen LogP contribution in [0, 0.1) is 0 Å². The molecule has 0 bridgehead atoms. The van der Waals surface area contributed by atoms with Gasteiger partial charge in [0.25, 0.3) is 0 Å². The summed E-state index contributed by atoms with van der Waals surface area (Å²) in [5, 5.41) is 0. The zero-order valence-corrected chi connectivity index (χ0v) is 9.95. The second kappa shape index (κ2) is 6.26. The van der Waals surface area contributed by atoms with Crippen LogP contribution in [-0.2, 0) is 14.8 Å². The highest BCUT2D eigenvalue weighted by molar-refractivity contribution is 7.98. The molecule has 0 saturated carbocycles. The average molecular weight is 240 g/mol. The summed E-state index contributed by atoms with van der Waals surface area (Å²) in [5.74, 6) is 0.0201. The monoisotopic (exact) mass is 240 g/mol. The third-order valence-corrected chi connectivity index (χ3v) is 3.70. The first kappa shape index (κ1) is 13.7. The first-order chi connectivity index (χ1) is 6.43. The Balaban J connectivity index is 4.31. The molecule has 14 heavy (non-hydrogen) atoms. The topological polar surface area (TPSA) is 89.3 Å². The molecular weight excluding hydrogens is 224 g/mol. The van der Waals surface area contributed by atoms with Crippen LogP contribution in [0.1, 0.15) is 13.3 Å². The lowest BCUT2D eigenvalue weighted by Gasteiger charge is -2.13. The molecule has 0 radical (unpaired) electrons. The van der Waals surface area contributed by atoms with Crippen molar-refractivity contribution in [1.82, 2.24) is 4.72 Å². The molecule has 0 saturated heterocycles. The maximum Gasteiger partial charge on any atom is 0.235 e. The summed E-state index contributed by atoms with van der Waals surface area (Å²) >= 11 is 1.54. The van der Waals surface area contributed by atoms with E-state index in [9.17, 15) is 13.2 Å². The quantitative estimate of drug-likeness (QED) is 0.630. The third-order valence-electron chi connectivity index (χ3n) is 1.66. The molecule has 0 aromatic heterocycles. The van der Waals surface area contributed by atoms with Crippen molar-refractivity contribution in [3.05, 3.63) is 0 Å². The zero-order valence-electron chi connectivity index (χ0n) is 8.32. The van der Waals surface area contributed by atoms with Crippen LogP contribution < -0.4 is 10.5 Å². The number of nitrogens with two attached hydrogens (primary N) is 1. The number of carbonyl (C=O) groups is 1. The molecule has 1 amide bonds. The van der Waals surface area contributed by atoms with Gasteiger partial charge in [-0.3, -0.25) is 4.79 Å². The van der Waals surface area contributed by atoms with Crippen molar-refractivity contribution >= 4 is 27.7 Å². The molecule has 7 heteroatoms. The lowest BCUT2D eigenvalue weighted by atomic mass is 10.2. The maximum absolute atomic E-state index is 11.2. The van der Waals surface area contributed by atoms with E-state index in [4.69, 9.17) is 5.73 Å². The van der Waals surface area contributed by atoms with E-state index in [-0.39, 0.29) is 5.75 Å². The summed E-state index contributed by atoms with van der Waals surface area (Å²) < 4.78 is 24.6. The van der Waals surface area contributed by atoms with Gasteiger partial charge in [-0.25, -0.2) is 13.1 Å². The highest BCUT2D eigenvalue weighted by Crippen LogP contribution is 2.01. The first-order valence-corrected chi connectivity index (χ1v) is 7.25. The molecule has 1 unspecified atom stereocenters. The van der Waals surface area contributed by atoms with Gasteiger partial charge < -0.3 is 5.73 Å². The lowest BCUT2D eigenvalue weighted by Crippen LogP contribution is -2.45. The standard InChI is InChI=1S/C7H16N2O3S2/c1-3-14(11,12)9-6(7(8)10)4-5-13-2/h6,9H,3-5H2,1-2H3,(H2,8,10). The fraction of sp³-hybridized carbons (Fsp3) is 0.857. The second-order valence-corrected chi connectivity index (χ2v) is 5.79. The summed E-state index contributed by atoms with van der Waals surface area (Å²) in [4.78, 5) is 10.9. The number of thioether (sulfide) groups is 1. The lowest BCUT2D eigenvalue weighted by molar-refractivity contribution is -0.119. The van der Waals surface area contributed by atoms with E-state index in [0.29, 0.717) is 12.2 Å². The molecule has 0 heterocycles.